The molecule has 40 heavy (non-hydrogen) atoms. The highest BCUT2D eigenvalue weighted by Gasteiger charge is 2.35. The summed E-state index contributed by atoms with van der Waals surface area (Å²) in [5.41, 5.74) is 1.77. The third-order valence-corrected chi connectivity index (χ3v) is 8.04. The van der Waals surface area contributed by atoms with E-state index in [1.807, 2.05) is 64.1 Å². The van der Waals surface area contributed by atoms with Gasteiger partial charge in [0.25, 0.3) is 0 Å². The van der Waals surface area contributed by atoms with Gasteiger partial charge in [0.05, 0.1) is 9.67 Å². The van der Waals surface area contributed by atoms with E-state index in [1.165, 1.54) is 18.0 Å². The zero-order valence-electron chi connectivity index (χ0n) is 24.8. The summed E-state index contributed by atoms with van der Waals surface area (Å²) in [7, 11) is 1.52. The number of rotatable bonds is 3. The second-order valence-corrected chi connectivity index (χ2v) is 12.7. The Labute approximate surface area is 251 Å². The van der Waals surface area contributed by atoms with Gasteiger partial charge < -0.3 is 25.4 Å². The molecule has 1 aromatic rings. The number of halogens is 1. The molecule has 0 fully saturated rings. The number of allylic oxidation sites excluding steroid dienone is 2. The number of hydrogen-bond acceptors (Lipinski definition) is 6. The van der Waals surface area contributed by atoms with E-state index in [0.29, 0.717) is 16.4 Å². The van der Waals surface area contributed by atoms with Crippen LogP contribution in [-0.2, 0) is 30.3 Å². The third kappa shape index (κ3) is 9.49. The SMILES string of the molecule is CC1=C[C@@H](C)C[C@H](C)OC(=O)[C@@H](C(C)C)NC(=O)[C@H](Cc2ccc(O)c(I)c2)N(C)C(=O)[C@H](C)NC(=O)[C@H](C)C1. The minimum Gasteiger partial charge on any atom is -0.507 e. The predicted molar refractivity (Wildman–Crippen MR) is 162 cm³/mol. The number of amides is 3. The van der Waals surface area contributed by atoms with E-state index < -0.39 is 35.9 Å². The Morgan fingerprint density at radius 1 is 1.07 bits per heavy atom. The molecular formula is C30H44IN3O6. The smallest absolute Gasteiger partial charge is 0.329 e. The van der Waals surface area contributed by atoms with Crippen LogP contribution in [0.25, 0.3) is 0 Å². The fourth-order valence-electron chi connectivity index (χ4n) is 4.97. The minimum atomic E-state index is -0.986. The van der Waals surface area contributed by atoms with Crippen LogP contribution >= 0.6 is 22.6 Å². The van der Waals surface area contributed by atoms with Crippen molar-refractivity contribution in [1.82, 2.24) is 15.5 Å². The average Bonchev–Trinajstić information content (AvgIpc) is 2.85. The number of hydrogen-bond donors (Lipinski definition) is 3. The standard InChI is InChI=1S/C30H44IN3O6/c1-16(2)26-30(39)40-20(6)13-18(4)11-17(3)12-19(5)27(36)32-21(7)29(38)34(8)24(28(37)33-26)15-22-9-10-25(35)23(31)14-22/h9-11,14,16,18-21,24,26,35H,12-13,15H2,1-8H3,(H,32,36)(H,33,37)/t18-,19-,20+,21+,24+,26-/m1/s1. The van der Waals surface area contributed by atoms with Crippen LogP contribution in [0.3, 0.4) is 0 Å². The van der Waals surface area contributed by atoms with Crippen LogP contribution in [-0.4, -0.2) is 65.0 Å². The molecule has 0 unspecified atom stereocenters. The van der Waals surface area contributed by atoms with E-state index in [4.69, 9.17) is 4.74 Å². The second kappa shape index (κ2) is 14.8. The number of phenolic OH excluding ortho intramolecular Hbond substituents is 1. The molecule has 6 atom stereocenters. The van der Waals surface area contributed by atoms with Gasteiger partial charge in [-0.2, -0.15) is 0 Å². The Hall–Kier alpha value is -2.63. The molecule has 0 aromatic heterocycles. The molecule has 1 heterocycles. The molecule has 3 amide bonds. The molecule has 1 aromatic carbocycles. The first-order valence-electron chi connectivity index (χ1n) is 13.8. The molecule has 1 aliphatic rings. The molecule has 0 aliphatic carbocycles. The van der Waals surface area contributed by atoms with Crippen LogP contribution in [0.1, 0.15) is 66.9 Å². The third-order valence-electron chi connectivity index (χ3n) is 7.17. The van der Waals surface area contributed by atoms with Crippen molar-refractivity contribution in [1.29, 1.82) is 0 Å². The van der Waals surface area contributed by atoms with Crippen LogP contribution in [0.2, 0.25) is 0 Å². The monoisotopic (exact) mass is 669 g/mol. The first kappa shape index (κ1) is 33.6. The molecule has 10 heteroatoms. The van der Waals surface area contributed by atoms with E-state index in [-0.39, 0.29) is 41.9 Å². The van der Waals surface area contributed by atoms with Crippen LogP contribution < -0.4 is 10.6 Å². The molecule has 3 N–H and O–H groups in total. The largest absolute Gasteiger partial charge is 0.507 e. The number of phenols is 1. The summed E-state index contributed by atoms with van der Waals surface area (Å²) in [6, 6.07) is 2.20. The van der Waals surface area contributed by atoms with Gasteiger partial charge in [0.15, 0.2) is 0 Å². The van der Waals surface area contributed by atoms with E-state index in [0.717, 1.165) is 11.1 Å². The van der Waals surface area contributed by atoms with Crippen LogP contribution in [0.5, 0.6) is 5.75 Å². The predicted octanol–water partition coefficient (Wildman–Crippen LogP) is 3.96. The summed E-state index contributed by atoms with van der Waals surface area (Å²) in [4.78, 5) is 54.6. The Balaban J connectivity index is 2.48. The van der Waals surface area contributed by atoms with Crippen molar-refractivity contribution in [3.8, 4) is 5.75 Å². The van der Waals surface area contributed by atoms with Gasteiger partial charge in [0.1, 0.15) is 23.9 Å². The second-order valence-electron chi connectivity index (χ2n) is 11.5. The molecule has 0 saturated heterocycles. The van der Waals surface area contributed by atoms with Crippen LogP contribution in [0, 0.1) is 21.3 Å². The lowest BCUT2D eigenvalue weighted by Crippen LogP contribution is -2.57. The lowest BCUT2D eigenvalue weighted by atomic mass is 9.95. The number of likely N-dealkylation sites (N-methyl/N-ethyl adjacent to an activating group) is 1. The summed E-state index contributed by atoms with van der Waals surface area (Å²) in [5.74, 6) is -2.11. The topological polar surface area (TPSA) is 125 Å². The maximum absolute atomic E-state index is 13.7. The molecule has 1 aliphatic heterocycles. The Morgan fingerprint density at radius 3 is 2.33 bits per heavy atom. The average molecular weight is 670 g/mol. The van der Waals surface area contributed by atoms with Gasteiger partial charge in [0.2, 0.25) is 17.7 Å². The molecule has 0 radical (unpaired) electrons. The Kier molecular flexibility index (Phi) is 12.5. The van der Waals surface area contributed by atoms with Crippen molar-refractivity contribution >= 4 is 46.3 Å². The highest BCUT2D eigenvalue weighted by atomic mass is 127. The fourth-order valence-corrected chi connectivity index (χ4v) is 5.55. The fraction of sp³-hybridized carbons (Fsp3) is 0.600. The zero-order chi connectivity index (χ0) is 30.3. The van der Waals surface area contributed by atoms with Gasteiger partial charge in [-0.3, -0.25) is 14.4 Å². The summed E-state index contributed by atoms with van der Waals surface area (Å²) in [5, 5.41) is 15.6. The normalized spacial score (nSPS) is 28.2. The summed E-state index contributed by atoms with van der Waals surface area (Å²) in [6.07, 6.45) is 2.96. The summed E-state index contributed by atoms with van der Waals surface area (Å²) >= 11 is 2.00. The van der Waals surface area contributed by atoms with E-state index in [2.05, 4.69) is 16.7 Å². The van der Waals surface area contributed by atoms with Crippen LogP contribution in [0.15, 0.2) is 29.8 Å². The summed E-state index contributed by atoms with van der Waals surface area (Å²) in [6.45, 7) is 12.9. The van der Waals surface area contributed by atoms with Crippen molar-refractivity contribution in [2.45, 2.75) is 92.0 Å². The number of esters is 1. The number of carbonyl (C=O) groups excluding carboxylic acids is 4. The van der Waals surface area contributed by atoms with Crippen LogP contribution in [0.4, 0.5) is 0 Å². The molecule has 9 nitrogen and oxygen atoms in total. The van der Waals surface area contributed by atoms with Gasteiger partial charge >= 0.3 is 5.97 Å². The van der Waals surface area contributed by atoms with Gasteiger partial charge in [-0.05, 0) is 85.7 Å². The van der Waals surface area contributed by atoms with E-state index in [1.54, 1.807) is 19.1 Å². The molecule has 0 bridgehead atoms. The first-order chi connectivity index (χ1) is 18.6. The molecule has 0 saturated carbocycles. The maximum Gasteiger partial charge on any atom is 0.329 e. The lowest BCUT2D eigenvalue weighted by Gasteiger charge is -2.32. The number of nitrogens with one attached hydrogen (secondary N) is 2. The van der Waals surface area contributed by atoms with E-state index >= 15 is 0 Å². The van der Waals surface area contributed by atoms with Gasteiger partial charge in [-0.1, -0.05) is 45.4 Å². The molecular weight excluding hydrogens is 625 g/mol. The number of aromatic hydroxyl groups is 1. The van der Waals surface area contributed by atoms with Crippen molar-refractivity contribution < 1.29 is 29.0 Å². The maximum atomic E-state index is 13.7. The Bertz CT molecular complexity index is 1120. The van der Waals surface area contributed by atoms with E-state index in [9.17, 15) is 24.3 Å². The van der Waals surface area contributed by atoms with Crippen molar-refractivity contribution in [2.75, 3.05) is 7.05 Å². The van der Waals surface area contributed by atoms with Gasteiger partial charge in [-0.15, -0.1) is 0 Å². The molecule has 2 rings (SSSR count). The van der Waals surface area contributed by atoms with Crippen molar-refractivity contribution in [3.63, 3.8) is 0 Å². The Morgan fingerprint density at radius 2 is 1.73 bits per heavy atom. The zero-order valence-corrected chi connectivity index (χ0v) is 26.9. The van der Waals surface area contributed by atoms with Gasteiger partial charge in [0, 0.05) is 19.4 Å². The highest BCUT2D eigenvalue weighted by molar-refractivity contribution is 14.1. The number of benzene rings is 1. The quantitative estimate of drug-likeness (QED) is 0.255. The number of cyclic esters (lactones) is 1. The minimum absolute atomic E-state index is 0.107. The van der Waals surface area contributed by atoms with Crippen molar-refractivity contribution in [3.05, 3.63) is 39.0 Å². The first-order valence-corrected chi connectivity index (χ1v) is 14.9. The molecule has 222 valence electrons. The van der Waals surface area contributed by atoms with Gasteiger partial charge in [-0.25, -0.2) is 4.79 Å². The van der Waals surface area contributed by atoms with Crippen molar-refractivity contribution in [2.24, 2.45) is 17.8 Å². The molecule has 0 spiro atoms. The number of carbonyl (C=O) groups is 4. The lowest BCUT2D eigenvalue weighted by molar-refractivity contribution is -0.155. The number of nitrogens with zero attached hydrogens (tertiary/aromatic N) is 1. The summed E-state index contributed by atoms with van der Waals surface area (Å²) < 4.78 is 6.36. The highest BCUT2D eigenvalue weighted by Crippen LogP contribution is 2.23. The number of ether oxygens (including phenoxy) is 1.